The smallest absolute Gasteiger partial charge is 0.350 e. The molecule has 0 aliphatic heterocycles. The van der Waals surface area contributed by atoms with Crippen molar-refractivity contribution in [1.29, 1.82) is 0 Å². The minimum Gasteiger partial charge on any atom is -0.350 e. The summed E-state index contributed by atoms with van der Waals surface area (Å²) in [5, 5.41) is 9.19. The van der Waals surface area contributed by atoms with E-state index < -0.39 is 80.6 Å². The third-order valence-corrected chi connectivity index (χ3v) is 7.33. The number of hydrogen-bond acceptors (Lipinski definition) is 5. The van der Waals surface area contributed by atoms with Gasteiger partial charge in [-0.1, -0.05) is 6.07 Å². The molecule has 17 heteroatoms. The largest absolute Gasteiger partial charge is 0.522 e. The van der Waals surface area contributed by atoms with Crippen LogP contribution in [-0.4, -0.2) is 56.6 Å². The third-order valence-electron chi connectivity index (χ3n) is 7.33. The molecule has 44 heavy (non-hydrogen) atoms. The van der Waals surface area contributed by atoms with E-state index in [1.807, 2.05) is 0 Å². The van der Waals surface area contributed by atoms with Gasteiger partial charge in [0.2, 0.25) is 11.8 Å². The summed E-state index contributed by atoms with van der Waals surface area (Å²) in [6.45, 7) is 0.605. The second-order valence-electron chi connectivity index (χ2n) is 10.7. The fourth-order valence-electron chi connectivity index (χ4n) is 5.00. The molecule has 2 amide bonds. The number of halogens is 8. The molecule has 2 heterocycles. The van der Waals surface area contributed by atoms with Gasteiger partial charge >= 0.3 is 12.5 Å². The number of nitrogens with zero attached hydrogens (tertiary/aromatic N) is 3. The van der Waals surface area contributed by atoms with E-state index in [2.05, 4.69) is 30.4 Å². The Labute approximate surface area is 245 Å². The maximum absolute atomic E-state index is 13.9. The molecule has 0 saturated heterocycles. The number of rotatable bonds is 11. The van der Waals surface area contributed by atoms with Crippen LogP contribution in [0.25, 0.3) is 11.0 Å². The third kappa shape index (κ3) is 9.37. The Balaban J connectivity index is 1.51. The van der Waals surface area contributed by atoms with Crippen LogP contribution < -0.4 is 10.6 Å². The Kier molecular flexibility index (Phi) is 9.85. The molecule has 1 aliphatic rings. The van der Waals surface area contributed by atoms with Gasteiger partial charge in [-0.05, 0) is 43.4 Å². The molecule has 242 valence electrons. The van der Waals surface area contributed by atoms with Gasteiger partial charge in [-0.15, -0.1) is 13.2 Å². The Hall–Kier alpha value is -3.76. The molecule has 0 bridgehead atoms. The molecule has 2 aromatic heterocycles. The SMILES string of the molecule is C[C@@H](NC(=O)CCC(F)(F)F)c1ccc2nc([C@@H](NC(=O)c3cnn(CCOC(F)(F)F)c3)C3CCC(F)(F)CC3)[nH]c2c1. The van der Waals surface area contributed by atoms with E-state index in [1.54, 1.807) is 25.1 Å². The Bertz CT molecular complexity index is 1440. The number of fused-ring (bicyclic) bond motifs is 1. The highest BCUT2D eigenvalue weighted by atomic mass is 19.4. The standard InChI is InChI=1S/C27H30F8N6O3/c1-15(37-21(42)6-9-26(30,31)32)17-2-3-19-20(12-17)39-23(38-19)22(16-4-7-25(28,29)8-5-16)40-24(43)18-13-36-41(14-18)10-11-44-27(33,34)35/h2-3,12-16,22H,4-11H2,1H3,(H,37,42)(H,38,39)(H,40,43)/t15-,22+/m1/s1. The number of aromatic nitrogens is 4. The minimum absolute atomic E-state index is 0.0247. The number of alkyl halides is 8. The van der Waals surface area contributed by atoms with E-state index in [-0.39, 0.29) is 30.8 Å². The second kappa shape index (κ2) is 13.1. The van der Waals surface area contributed by atoms with Crippen molar-refractivity contribution in [2.45, 2.75) is 82.5 Å². The van der Waals surface area contributed by atoms with E-state index in [0.717, 1.165) is 10.9 Å². The first-order valence-corrected chi connectivity index (χ1v) is 13.8. The number of imidazole rings is 1. The fourth-order valence-corrected chi connectivity index (χ4v) is 5.00. The maximum atomic E-state index is 13.9. The number of carbonyl (C=O) groups is 2. The molecule has 1 saturated carbocycles. The molecule has 3 N–H and O–H groups in total. The lowest BCUT2D eigenvalue weighted by atomic mass is 9.81. The van der Waals surface area contributed by atoms with Crippen molar-refractivity contribution in [3.05, 3.63) is 47.5 Å². The highest BCUT2D eigenvalue weighted by Crippen LogP contribution is 2.41. The molecule has 1 aliphatic carbocycles. The van der Waals surface area contributed by atoms with Crippen molar-refractivity contribution < 1.29 is 49.4 Å². The van der Waals surface area contributed by atoms with Crippen molar-refractivity contribution in [2.75, 3.05) is 6.61 Å². The van der Waals surface area contributed by atoms with Crippen LogP contribution in [0.5, 0.6) is 0 Å². The van der Waals surface area contributed by atoms with Crippen LogP contribution in [0.15, 0.2) is 30.6 Å². The summed E-state index contributed by atoms with van der Waals surface area (Å²) in [4.78, 5) is 32.8. The molecule has 0 radical (unpaired) electrons. The number of H-pyrrole nitrogens is 1. The van der Waals surface area contributed by atoms with Gasteiger partial charge in [-0.25, -0.2) is 13.8 Å². The van der Waals surface area contributed by atoms with Crippen molar-refractivity contribution in [1.82, 2.24) is 30.4 Å². The maximum Gasteiger partial charge on any atom is 0.522 e. The predicted octanol–water partition coefficient (Wildman–Crippen LogP) is 6.11. The quantitative estimate of drug-likeness (QED) is 0.219. The highest BCUT2D eigenvalue weighted by Gasteiger charge is 2.39. The summed E-state index contributed by atoms with van der Waals surface area (Å²) in [6, 6.07) is 3.41. The average Bonchev–Trinajstić information content (AvgIpc) is 3.56. The normalized spacial score (nSPS) is 17.4. The van der Waals surface area contributed by atoms with Gasteiger partial charge < -0.3 is 15.6 Å². The summed E-state index contributed by atoms with van der Waals surface area (Å²) in [5.74, 6) is -4.41. The van der Waals surface area contributed by atoms with E-state index in [9.17, 15) is 44.7 Å². The first-order valence-electron chi connectivity index (χ1n) is 13.8. The number of ether oxygens (including phenoxy) is 1. The summed E-state index contributed by atoms with van der Waals surface area (Å²) < 4.78 is 107. The molecule has 0 spiro atoms. The average molecular weight is 639 g/mol. The minimum atomic E-state index is -4.81. The molecule has 1 fully saturated rings. The number of amides is 2. The van der Waals surface area contributed by atoms with Gasteiger partial charge in [0.1, 0.15) is 5.82 Å². The lowest BCUT2D eigenvalue weighted by Crippen LogP contribution is -2.37. The van der Waals surface area contributed by atoms with E-state index in [0.29, 0.717) is 16.6 Å². The summed E-state index contributed by atoms with van der Waals surface area (Å²) >= 11 is 0. The van der Waals surface area contributed by atoms with Crippen LogP contribution in [0.4, 0.5) is 35.1 Å². The monoisotopic (exact) mass is 638 g/mol. The zero-order valence-corrected chi connectivity index (χ0v) is 23.4. The first kappa shape index (κ1) is 33.1. The Morgan fingerprint density at radius 2 is 1.84 bits per heavy atom. The van der Waals surface area contributed by atoms with Crippen LogP contribution in [0.1, 0.15) is 79.3 Å². The number of benzene rings is 1. The number of nitrogens with one attached hydrogen (secondary N) is 3. The van der Waals surface area contributed by atoms with Gasteiger partial charge in [0.15, 0.2) is 0 Å². The van der Waals surface area contributed by atoms with Gasteiger partial charge in [-0.2, -0.15) is 18.3 Å². The summed E-state index contributed by atoms with van der Waals surface area (Å²) in [5.41, 5.74) is 1.52. The van der Waals surface area contributed by atoms with Crippen LogP contribution >= 0.6 is 0 Å². The fraction of sp³-hybridized carbons (Fsp3) is 0.556. The highest BCUT2D eigenvalue weighted by molar-refractivity contribution is 5.94. The molecule has 9 nitrogen and oxygen atoms in total. The van der Waals surface area contributed by atoms with Crippen LogP contribution in [0, 0.1) is 5.92 Å². The number of hydrogen-bond donors (Lipinski definition) is 3. The number of carbonyl (C=O) groups excluding carboxylic acids is 2. The molecule has 1 aromatic carbocycles. The van der Waals surface area contributed by atoms with Crippen LogP contribution in [-0.2, 0) is 16.1 Å². The zero-order valence-electron chi connectivity index (χ0n) is 23.4. The van der Waals surface area contributed by atoms with Gasteiger partial charge in [0.05, 0.1) is 54.4 Å². The van der Waals surface area contributed by atoms with E-state index in [4.69, 9.17) is 0 Å². The summed E-state index contributed by atoms with van der Waals surface area (Å²) in [7, 11) is 0. The van der Waals surface area contributed by atoms with Crippen molar-refractivity contribution >= 4 is 22.8 Å². The molecule has 2 atom stereocenters. The first-order chi connectivity index (χ1) is 20.5. The molecule has 3 aromatic rings. The predicted molar refractivity (Wildman–Crippen MR) is 139 cm³/mol. The van der Waals surface area contributed by atoms with Crippen molar-refractivity contribution in [2.24, 2.45) is 5.92 Å². The van der Waals surface area contributed by atoms with Crippen molar-refractivity contribution in [3.8, 4) is 0 Å². The van der Waals surface area contributed by atoms with Gasteiger partial charge in [0, 0.05) is 25.5 Å². The van der Waals surface area contributed by atoms with Gasteiger partial charge in [0.25, 0.3) is 5.91 Å². The van der Waals surface area contributed by atoms with Gasteiger partial charge in [-0.3, -0.25) is 19.0 Å². The van der Waals surface area contributed by atoms with E-state index in [1.165, 1.54) is 6.20 Å². The molecule has 4 rings (SSSR count). The van der Waals surface area contributed by atoms with E-state index >= 15 is 0 Å². The lowest BCUT2D eigenvalue weighted by Gasteiger charge is -2.33. The van der Waals surface area contributed by atoms with Crippen molar-refractivity contribution in [3.63, 3.8) is 0 Å². The lowest BCUT2D eigenvalue weighted by molar-refractivity contribution is -0.325. The molecular weight excluding hydrogens is 608 g/mol. The molecule has 0 unspecified atom stereocenters. The Morgan fingerprint density at radius 3 is 2.50 bits per heavy atom. The van der Waals surface area contributed by atoms with Crippen LogP contribution in [0.3, 0.4) is 0 Å². The topological polar surface area (TPSA) is 114 Å². The second-order valence-corrected chi connectivity index (χ2v) is 10.7. The molecular formula is C27H30F8N6O3. The summed E-state index contributed by atoms with van der Waals surface area (Å²) in [6.07, 6.45) is -9.47. The van der Waals surface area contributed by atoms with Crippen LogP contribution in [0.2, 0.25) is 0 Å². The Morgan fingerprint density at radius 1 is 1.14 bits per heavy atom. The zero-order chi connectivity index (χ0) is 32.3. The number of aromatic amines is 1.